The first-order chi connectivity index (χ1) is 8.71. The highest BCUT2D eigenvalue weighted by Crippen LogP contribution is 2.49. The predicted octanol–water partition coefficient (Wildman–Crippen LogP) is 3.23. The van der Waals surface area contributed by atoms with Gasteiger partial charge in [-0.2, -0.15) is 0 Å². The molecule has 0 aromatic carbocycles. The van der Waals surface area contributed by atoms with Crippen LogP contribution in [0.1, 0.15) is 32.6 Å². The molecule has 100 valence electrons. The van der Waals surface area contributed by atoms with Crippen molar-refractivity contribution in [2.45, 2.75) is 37.8 Å². The molecule has 1 heterocycles. The molecule has 2 rings (SSSR count). The van der Waals surface area contributed by atoms with E-state index in [1.807, 2.05) is 19.4 Å². The number of thioether (sulfide) groups is 1. The summed E-state index contributed by atoms with van der Waals surface area (Å²) in [6, 6.07) is 1.97. The van der Waals surface area contributed by atoms with E-state index in [0.717, 1.165) is 23.3 Å². The van der Waals surface area contributed by atoms with Gasteiger partial charge >= 0.3 is 0 Å². The highest BCUT2D eigenvalue weighted by Gasteiger charge is 2.41. The van der Waals surface area contributed by atoms with Crippen molar-refractivity contribution in [3.8, 4) is 0 Å². The molecular formula is C13H22N4S. The first-order valence-electron chi connectivity index (χ1n) is 6.56. The lowest BCUT2D eigenvalue weighted by molar-refractivity contribution is 0.485. The number of anilines is 2. The average Bonchev–Trinajstić information content (AvgIpc) is 3.16. The molecule has 1 aromatic rings. The minimum Gasteiger partial charge on any atom is -0.373 e. The van der Waals surface area contributed by atoms with Crippen molar-refractivity contribution < 1.29 is 0 Å². The summed E-state index contributed by atoms with van der Waals surface area (Å²) < 4.78 is 0. The fourth-order valence-electron chi connectivity index (χ4n) is 2.24. The lowest BCUT2D eigenvalue weighted by atomic mass is 10.0. The van der Waals surface area contributed by atoms with Gasteiger partial charge in [0.25, 0.3) is 0 Å². The van der Waals surface area contributed by atoms with E-state index < -0.39 is 0 Å². The monoisotopic (exact) mass is 266 g/mol. The van der Waals surface area contributed by atoms with Gasteiger partial charge in [0.1, 0.15) is 11.6 Å². The van der Waals surface area contributed by atoms with Crippen LogP contribution in [0.2, 0.25) is 0 Å². The number of aromatic nitrogens is 2. The third-order valence-corrected chi connectivity index (χ3v) is 4.07. The molecule has 18 heavy (non-hydrogen) atoms. The topological polar surface area (TPSA) is 49.8 Å². The highest BCUT2D eigenvalue weighted by molar-refractivity contribution is 7.98. The fourth-order valence-corrected chi connectivity index (χ4v) is 2.61. The zero-order chi connectivity index (χ0) is 13.0. The fraction of sp³-hybridized carbons (Fsp3) is 0.692. The van der Waals surface area contributed by atoms with Gasteiger partial charge in [-0.3, -0.25) is 0 Å². The van der Waals surface area contributed by atoms with Crippen LogP contribution in [-0.2, 0) is 0 Å². The Morgan fingerprint density at radius 2 is 2.06 bits per heavy atom. The molecule has 5 heteroatoms. The summed E-state index contributed by atoms with van der Waals surface area (Å²) in [5, 5.41) is 7.36. The average molecular weight is 266 g/mol. The SMILES string of the molecule is CCCC1(CNc2cc(NC)nc(SC)n2)CC1. The van der Waals surface area contributed by atoms with Crippen molar-refractivity contribution in [3.05, 3.63) is 6.07 Å². The maximum Gasteiger partial charge on any atom is 0.191 e. The number of hydrogen-bond acceptors (Lipinski definition) is 5. The van der Waals surface area contributed by atoms with Gasteiger partial charge in [-0.15, -0.1) is 0 Å². The molecule has 1 aromatic heterocycles. The second-order valence-electron chi connectivity index (χ2n) is 4.98. The van der Waals surface area contributed by atoms with Crippen molar-refractivity contribution in [2.24, 2.45) is 5.41 Å². The molecule has 0 saturated heterocycles. The Morgan fingerprint density at radius 3 is 2.61 bits per heavy atom. The molecule has 0 unspecified atom stereocenters. The Kier molecular flexibility index (Phi) is 4.32. The Labute approximate surface area is 113 Å². The Balaban J connectivity index is 2.00. The molecule has 1 aliphatic carbocycles. The van der Waals surface area contributed by atoms with E-state index in [2.05, 4.69) is 27.5 Å². The molecule has 0 bridgehead atoms. The van der Waals surface area contributed by atoms with Crippen LogP contribution in [0.15, 0.2) is 11.2 Å². The summed E-state index contributed by atoms with van der Waals surface area (Å²) in [6.07, 6.45) is 7.29. The third kappa shape index (κ3) is 3.28. The van der Waals surface area contributed by atoms with Gasteiger partial charge < -0.3 is 10.6 Å². The minimum atomic E-state index is 0.541. The lowest BCUT2D eigenvalue weighted by Crippen LogP contribution is -2.16. The first-order valence-corrected chi connectivity index (χ1v) is 7.78. The Bertz CT molecular complexity index is 382. The molecular weight excluding hydrogens is 244 g/mol. The van der Waals surface area contributed by atoms with E-state index in [-0.39, 0.29) is 0 Å². The molecule has 1 aliphatic rings. The molecule has 1 saturated carbocycles. The number of rotatable bonds is 7. The normalized spacial score (nSPS) is 16.4. The summed E-state index contributed by atoms with van der Waals surface area (Å²) in [5.74, 6) is 1.80. The van der Waals surface area contributed by atoms with Crippen LogP contribution in [0.3, 0.4) is 0 Å². The van der Waals surface area contributed by atoms with Crippen LogP contribution in [0.5, 0.6) is 0 Å². The molecule has 0 spiro atoms. The third-order valence-electron chi connectivity index (χ3n) is 3.53. The van der Waals surface area contributed by atoms with Crippen LogP contribution in [0.25, 0.3) is 0 Å². The van der Waals surface area contributed by atoms with E-state index in [0.29, 0.717) is 5.41 Å². The maximum atomic E-state index is 4.49. The van der Waals surface area contributed by atoms with Crippen molar-refractivity contribution in [3.63, 3.8) is 0 Å². The minimum absolute atomic E-state index is 0.541. The molecule has 1 fully saturated rings. The van der Waals surface area contributed by atoms with Gasteiger partial charge in [-0.1, -0.05) is 25.1 Å². The molecule has 0 radical (unpaired) electrons. The van der Waals surface area contributed by atoms with Gasteiger partial charge in [0.2, 0.25) is 0 Å². The largest absolute Gasteiger partial charge is 0.373 e. The summed E-state index contributed by atoms with van der Waals surface area (Å²) in [4.78, 5) is 8.86. The molecule has 0 atom stereocenters. The zero-order valence-corrected chi connectivity index (χ0v) is 12.2. The van der Waals surface area contributed by atoms with Crippen molar-refractivity contribution in [1.29, 1.82) is 0 Å². The predicted molar refractivity (Wildman–Crippen MR) is 78.4 cm³/mol. The lowest BCUT2D eigenvalue weighted by Gasteiger charge is -2.16. The van der Waals surface area contributed by atoms with Crippen molar-refractivity contribution in [2.75, 3.05) is 30.5 Å². The van der Waals surface area contributed by atoms with Crippen molar-refractivity contribution >= 4 is 23.4 Å². The van der Waals surface area contributed by atoms with E-state index >= 15 is 0 Å². The maximum absolute atomic E-state index is 4.49. The van der Waals surface area contributed by atoms with Gasteiger partial charge in [0.05, 0.1) is 0 Å². The smallest absolute Gasteiger partial charge is 0.191 e. The first kappa shape index (κ1) is 13.5. The van der Waals surface area contributed by atoms with E-state index in [4.69, 9.17) is 0 Å². The number of nitrogens with zero attached hydrogens (tertiary/aromatic N) is 2. The van der Waals surface area contributed by atoms with Gasteiger partial charge in [-0.05, 0) is 30.9 Å². The summed E-state index contributed by atoms with van der Waals surface area (Å²) in [5.41, 5.74) is 0.541. The van der Waals surface area contributed by atoms with Gasteiger partial charge in [0.15, 0.2) is 5.16 Å². The van der Waals surface area contributed by atoms with Gasteiger partial charge in [0, 0.05) is 19.7 Å². The van der Waals surface area contributed by atoms with Crippen LogP contribution < -0.4 is 10.6 Å². The van der Waals surface area contributed by atoms with E-state index in [1.54, 1.807) is 11.8 Å². The van der Waals surface area contributed by atoms with E-state index in [1.165, 1.54) is 25.7 Å². The van der Waals surface area contributed by atoms with Gasteiger partial charge in [-0.25, -0.2) is 9.97 Å². The van der Waals surface area contributed by atoms with Crippen molar-refractivity contribution in [1.82, 2.24) is 9.97 Å². The second kappa shape index (κ2) is 5.78. The highest BCUT2D eigenvalue weighted by atomic mass is 32.2. The van der Waals surface area contributed by atoms with Crippen LogP contribution >= 0.6 is 11.8 Å². The molecule has 2 N–H and O–H groups in total. The number of hydrogen-bond donors (Lipinski definition) is 2. The summed E-state index contributed by atoms with van der Waals surface area (Å²) in [6.45, 7) is 3.30. The summed E-state index contributed by atoms with van der Waals surface area (Å²) >= 11 is 1.57. The second-order valence-corrected chi connectivity index (χ2v) is 5.75. The molecule has 0 aliphatic heterocycles. The van der Waals surface area contributed by atoms with Crippen LogP contribution in [-0.4, -0.2) is 29.8 Å². The zero-order valence-electron chi connectivity index (χ0n) is 11.4. The standard InChI is InChI=1S/C13H22N4S/c1-4-5-13(6-7-13)9-15-11-8-10(14-2)16-12(17-11)18-3/h8H,4-7,9H2,1-3H3,(H2,14,15,16,17). The quantitative estimate of drug-likeness (QED) is 0.586. The molecule has 4 nitrogen and oxygen atoms in total. The Hall–Kier alpha value is -0.970. The van der Waals surface area contributed by atoms with E-state index in [9.17, 15) is 0 Å². The van der Waals surface area contributed by atoms with Crippen LogP contribution in [0.4, 0.5) is 11.6 Å². The Morgan fingerprint density at radius 1 is 1.33 bits per heavy atom. The molecule has 0 amide bonds. The van der Waals surface area contributed by atoms with Crippen LogP contribution in [0, 0.1) is 5.41 Å². The number of nitrogens with one attached hydrogen (secondary N) is 2. The summed E-state index contributed by atoms with van der Waals surface area (Å²) in [7, 11) is 1.88.